The predicted molar refractivity (Wildman–Crippen MR) is 88.6 cm³/mol. The number of rotatable bonds is 7. The zero-order valence-corrected chi connectivity index (χ0v) is 13.3. The van der Waals surface area contributed by atoms with E-state index in [2.05, 4.69) is 17.4 Å². The molecule has 1 aliphatic heterocycles. The van der Waals surface area contributed by atoms with Crippen molar-refractivity contribution in [1.82, 2.24) is 5.32 Å². The highest BCUT2D eigenvalue weighted by Gasteiger charge is 2.18. The molecule has 1 amide bonds. The topological polar surface area (TPSA) is 49.3 Å². The van der Waals surface area contributed by atoms with Crippen LogP contribution >= 0.6 is 11.8 Å². The highest BCUT2D eigenvalue weighted by Crippen LogP contribution is 2.25. The maximum absolute atomic E-state index is 12.1. The van der Waals surface area contributed by atoms with Crippen LogP contribution in [0.1, 0.15) is 37.2 Å². The van der Waals surface area contributed by atoms with Crippen LogP contribution in [0.5, 0.6) is 0 Å². The van der Waals surface area contributed by atoms with Crippen molar-refractivity contribution in [1.29, 1.82) is 0 Å². The fraction of sp³-hybridized carbons (Fsp3) is 0.588. The molecule has 2 N–H and O–H groups in total. The van der Waals surface area contributed by atoms with Crippen LogP contribution in [0.15, 0.2) is 30.3 Å². The molecule has 1 aromatic carbocycles. The number of carbonyl (C=O) groups excluding carboxylic acids is 1. The highest BCUT2D eigenvalue weighted by molar-refractivity contribution is 7.99. The van der Waals surface area contributed by atoms with E-state index < -0.39 is 0 Å². The average Bonchev–Trinajstić information content (AvgIpc) is 2.53. The largest absolute Gasteiger partial charge is 0.396 e. The van der Waals surface area contributed by atoms with Gasteiger partial charge in [-0.2, -0.15) is 11.8 Å². The Morgan fingerprint density at radius 2 is 2.00 bits per heavy atom. The fourth-order valence-electron chi connectivity index (χ4n) is 2.79. The first kappa shape index (κ1) is 16.4. The molecule has 1 aliphatic rings. The summed E-state index contributed by atoms with van der Waals surface area (Å²) in [6.07, 6.45) is 3.67. The number of hydrogen-bond acceptors (Lipinski definition) is 3. The van der Waals surface area contributed by atoms with E-state index in [1.54, 1.807) is 0 Å². The third-order valence-electron chi connectivity index (χ3n) is 4.11. The molecule has 0 bridgehead atoms. The SMILES string of the molecule is O=C(CC1CCSCC1)NCC(CCO)c1ccccc1. The first-order valence-corrected chi connectivity index (χ1v) is 8.95. The van der Waals surface area contributed by atoms with Gasteiger partial charge in [0, 0.05) is 25.5 Å². The third kappa shape index (κ3) is 5.71. The maximum atomic E-state index is 12.1. The minimum atomic E-state index is 0.148. The van der Waals surface area contributed by atoms with Crippen LogP contribution < -0.4 is 5.32 Å². The van der Waals surface area contributed by atoms with Crippen LogP contribution in [-0.4, -0.2) is 35.7 Å². The van der Waals surface area contributed by atoms with Crippen LogP contribution in [0.2, 0.25) is 0 Å². The lowest BCUT2D eigenvalue weighted by Crippen LogP contribution is -2.31. The van der Waals surface area contributed by atoms with Gasteiger partial charge in [0.2, 0.25) is 5.91 Å². The summed E-state index contributed by atoms with van der Waals surface area (Å²) >= 11 is 1.99. The van der Waals surface area contributed by atoms with Gasteiger partial charge in [0.1, 0.15) is 0 Å². The molecule has 0 spiro atoms. The standard InChI is InChI=1S/C17H25NO2S/c19-9-6-16(15-4-2-1-3-5-15)13-18-17(20)12-14-7-10-21-11-8-14/h1-5,14,16,19H,6-13H2,(H,18,20). The van der Waals surface area contributed by atoms with Gasteiger partial charge >= 0.3 is 0 Å². The van der Waals surface area contributed by atoms with Crippen molar-refractivity contribution in [3.05, 3.63) is 35.9 Å². The lowest BCUT2D eigenvalue weighted by Gasteiger charge is -2.22. The van der Waals surface area contributed by atoms with Crippen LogP contribution in [0, 0.1) is 5.92 Å². The molecule has 0 radical (unpaired) electrons. The molecule has 1 unspecified atom stereocenters. The van der Waals surface area contributed by atoms with Gasteiger partial charge in [-0.05, 0) is 42.2 Å². The zero-order valence-electron chi connectivity index (χ0n) is 12.5. The number of thioether (sulfide) groups is 1. The summed E-state index contributed by atoms with van der Waals surface area (Å²) in [4.78, 5) is 12.1. The molecule has 1 aromatic rings. The van der Waals surface area contributed by atoms with Crippen molar-refractivity contribution < 1.29 is 9.90 Å². The molecular weight excluding hydrogens is 282 g/mol. The van der Waals surface area contributed by atoms with Gasteiger partial charge in [-0.3, -0.25) is 4.79 Å². The summed E-state index contributed by atoms with van der Waals surface area (Å²) in [5, 5.41) is 12.3. The van der Waals surface area contributed by atoms with Crippen molar-refractivity contribution in [3.63, 3.8) is 0 Å². The Bertz CT molecular complexity index is 418. The van der Waals surface area contributed by atoms with Gasteiger partial charge in [-0.1, -0.05) is 30.3 Å². The van der Waals surface area contributed by atoms with Crippen LogP contribution in [0.4, 0.5) is 0 Å². The monoisotopic (exact) mass is 307 g/mol. The summed E-state index contributed by atoms with van der Waals surface area (Å²) in [6, 6.07) is 10.1. The van der Waals surface area contributed by atoms with Crippen molar-refractivity contribution in [3.8, 4) is 0 Å². The first-order valence-electron chi connectivity index (χ1n) is 7.80. The molecule has 1 saturated heterocycles. The van der Waals surface area contributed by atoms with E-state index in [0.29, 0.717) is 25.3 Å². The minimum Gasteiger partial charge on any atom is -0.396 e. The predicted octanol–water partition coefficient (Wildman–Crippen LogP) is 2.80. The van der Waals surface area contributed by atoms with Crippen LogP contribution in [-0.2, 0) is 4.79 Å². The number of benzene rings is 1. The Morgan fingerprint density at radius 1 is 1.29 bits per heavy atom. The second-order valence-electron chi connectivity index (χ2n) is 5.68. The molecule has 4 heteroatoms. The summed E-state index contributed by atoms with van der Waals surface area (Å²) in [5.41, 5.74) is 1.18. The Balaban J connectivity index is 1.79. The maximum Gasteiger partial charge on any atom is 0.220 e. The second kappa shape index (κ2) is 9.11. The van der Waals surface area contributed by atoms with Gasteiger partial charge in [-0.15, -0.1) is 0 Å². The number of aliphatic hydroxyl groups excluding tert-OH is 1. The molecule has 3 nitrogen and oxygen atoms in total. The van der Waals surface area contributed by atoms with Gasteiger partial charge in [0.25, 0.3) is 0 Å². The Morgan fingerprint density at radius 3 is 2.67 bits per heavy atom. The minimum absolute atomic E-state index is 0.148. The quantitative estimate of drug-likeness (QED) is 0.814. The highest BCUT2D eigenvalue weighted by atomic mass is 32.2. The van der Waals surface area contributed by atoms with E-state index in [4.69, 9.17) is 0 Å². The summed E-state index contributed by atoms with van der Waals surface area (Å²) in [7, 11) is 0. The molecule has 2 rings (SSSR count). The molecule has 1 heterocycles. The molecule has 1 atom stereocenters. The fourth-order valence-corrected chi connectivity index (χ4v) is 3.99. The van der Waals surface area contributed by atoms with Gasteiger partial charge in [-0.25, -0.2) is 0 Å². The van der Waals surface area contributed by atoms with Crippen molar-refractivity contribution in [2.24, 2.45) is 5.92 Å². The Kier molecular flexibility index (Phi) is 7.10. The first-order chi connectivity index (χ1) is 10.3. The number of hydrogen-bond donors (Lipinski definition) is 2. The average molecular weight is 307 g/mol. The van der Waals surface area contributed by atoms with E-state index in [0.717, 1.165) is 12.8 Å². The number of nitrogens with one attached hydrogen (secondary N) is 1. The van der Waals surface area contributed by atoms with Gasteiger partial charge < -0.3 is 10.4 Å². The van der Waals surface area contributed by atoms with Crippen LogP contribution in [0.25, 0.3) is 0 Å². The summed E-state index contributed by atoms with van der Waals surface area (Å²) in [5.74, 6) is 3.29. The lowest BCUT2D eigenvalue weighted by atomic mass is 9.95. The molecule has 1 fully saturated rings. The van der Waals surface area contributed by atoms with E-state index in [-0.39, 0.29) is 18.4 Å². The Hall–Kier alpha value is -1.00. The van der Waals surface area contributed by atoms with E-state index in [1.165, 1.54) is 17.1 Å². The number of aliphatic hydroxyl groups is 1. The van der Waals surface area contributed by atoms with Gasteiger partial charge in [0.05, 0.1) is 0 Å². The van der Waals surface area contributed by atoms with E-state index >= 15 is 0 Å². The van der Waals surface area contributed by atoms with Crippen molar-refractivity contribution >= 4 is 17.7 Å². The molecule has 0 aromatic heterocycles. The smallest absolute Gasteiger partial charge is 0.220 e. The second-order valence-corrected chi connectivity index (χ2v) is 6.91. The van der Waals surface area contributed by atoms with Gasteiger partial charge in [0.15, 0.2) is 0 Å². The number of amides is 1. The van der Waals surface area contributed by atoms with E-state index in [1.807, 2.05) is 30.0 Å². The summed E-state index contributed by atoms with van der Waals surface area (Å²) in [6.45, 7) is 0.764. The van der Waals surface area contributed by atoms with Crippen molar-refractivity contribution in [2.45, 2.75) is 31.6 Å². The number of carbonyl (C=O) groups is 1. The molecule has 0 saturated carbocycles. The molecule has 21 heavy (non-hydrogen) atoms. The Labute approximate surface area is 131 Å². The zero-order chi connectivity index (χ0) is 14.9. The lowest BCUT2D eigenvalue weighted by molar-refractivity contribution is -0.122. The van der Waals surface area contributed by atoms with Crippen molar-refractivity contribution in [2.75, 3.05) is 24.7 Å². The summed E-state index contributed by atoms with van der Waals surface area (Å²) < 4.78 is 0. The van der Waals surface area contributed by atoms with E-state index in [9.17, 15) is 9.90 Å². The van der Waals surface area contributed by atoms with Crippen LogP contribution in [0.3, 0.4) is 0 Å². The normalized spacial score (nSPS) is 17.4. The molecule has 0 aliphatic carbocycles. The molecule has 116 valence electrons. The third-order valence-corrected chi connectivity index (χ3v) is 5.16. The molecular formula is C17H25NO2S.